The number of morpholine rings is 1. The van der Waals surface area contributed by atoms with E-state index in [2.05, 4.69) is 5.32 Å². The zero-order chi connectivity index (χ0) is 14.7. The van der Waals surface area contributed by atoms with Gasteiger partial charge in [-0.1, -0.05) is 0 Å². The minimum Gasteiger partial charge on any atom is -0.508 e. The SMILES string of the molecule is CNC(=O)C1COCCN1C(=O)c1cc(O)cc(O)c1. The van der Waals surface area contributed by atoms with E-state index in [0.29, 0.717) is 6.61 Å². The molecule has 0 aliphatic carbocycles. The van der Waals surface area contributed by atoms with Crippen molar-refractivity contribution in [3.63, 3.8) is 0 Å². The maximum absolute atomic E-state index is 12.4. The molecule has 1 aliphatic heterocycles. The minimum absolute atomic E-state index is 0.121. The molecule has 1 atom stereocenters. The van der Waals surface area contributed by atoms with Crippen LogP contribution in [0.2, 0.25) is 0 Å². The van der Waals surface area contributed by atoms with Gasteiger partial charge in [0.15, 0.2) is 0 Å². The third kappa shape index (κ3) is 2.83. The van der Waals surface area contributed by atoms with E-state index in [1.165, 1.54) is 24.1 Å². The summed E-state index contributed by atoms with van der Waals surface area (Å²) in [6.45, 7) is 0.730. The second-order valence-electron chi connectivity index (χ2n) is 4.44. The summed E-state index contributed by atoms with van der Waals surface area (Å²) in [5.41, 5.74) is 0.123. The lowest BCUT2D eigenvalue weighted by atomic mass is 10.1. The number of nitrogens with zero attached hydrogens (tertiary/aromatic N) is 1. The highest BCUT2D eigenvalue weighted by Gasteiger charge is 2.33. The normalized spacial score (nSPS) is 18.6. The first kappa shape index (κ1) is 14.1. The van der Waals surface area contributed by atoms with Crippen molar-refractivity contribution in [2.45, 2.75) is 6.04 Å². The van der Waals surface area contributed by atoms with Gasteiger partial charge in [-0.25, -0.2) is 0 Å². The van der Waals surface area contributed by atoms with Crippen molar-refractivity contribution in [1.82, 2.24) is 10.2 Å². The molecule has 2 rings (SSSR count). The zero-order valence-electron chi connectivity index (χ0n) is 11.0. The number of phenolic OH excluding ortho intramolecular Hbond substituents is 2. The maximum Gasteiger partial charge on any atom is 0.254 e. The summed E-state index contributed by atoms with van der Waals surface area (Å²) in [5, 5.41) is 21.3. The van der Waals surface area contributed by atoms with Crippen molar-refractivity contribution < 1.29 is 24.5 Å². The van der Waals surface area contributed by atoms with Crippen LogP contribution < -0.4 is 5.32 Å². The van der Waals surface area contributed by atoms with E-state index >= 15 is 0 Å². The number of amides is 2. The van der Waals surface area contributed by atoms with Crippen molar-refractivity contribution in [1.29, 1.82) is 0 Å². The van der Waals surface area contributed by atoms with E-state index in [-0.39, 0.29) is 36.1 Å². The highest BCUT2D eigenvalue weighted by Crippen LogP contribution is 2.22. The van der Waals surface area contributed by atoms with Crippen LogP contribution in [-0.2, 0) is 9.53 Å². The highest BCUT2D eigenvalue weighted by molar-refractivity contribution is 5.98. The fraction of sp³-hybridized carbons (Fsp3) is 0.385. The van der Waals surface area contributed by atoms with Crippen LogP contribution in [0.4, 0.5) is 0 Å². The molecule has 3 N–H and O–H groups in total. The first-order chi connectivity index (χ1) is 9.52. The van der Waals surface area contributed by atoms with Gasteiger partial charge < -0.3 is 25.2 Å². The number of benzene rings is 1. The Hall–Kier alpha value is -2.28. The van der Waals surface area contributed by atoms with Crippen molar-refractivity contribution in [3.8, 4) is 11.5 Å². The van der Waals surface area contributed by atoms with Crippen LogP contribution in [-0.4, -0.2) is 59.8 Å². The van der Waals surface area contributed by atoms with Gasteiger partial charge in [0.25, 0.3) is 5.91 Å². The predicted molar refractivity (Wildman–Crippen MR) is 69.5 cm³/mol. The van der Waals surface area contributed by atoms with E-state index in [1.807, 2.05) is 0 Å². The summed E-state index contributed by atoms with van der Waals surface area (Å²) in [6, 6.07) is 2.91. The molecule has 1 unspecified atom stereocenters. The maximum atomic E-state index is 12.4. The van der Waals surface area contributed by atoms with Gasteiger partial charge in [-0.05, 0) is 12.1 Å². The number of rotatable bonds is 2. The molecule has 1 fully saturated rings. The fourth-order valence-corrected chi connectivity index (χ4v) is 2.12. The van der Waals surface area contributed by atoms with Gasteiger partial charge in [-0.2, -0.15) is 0 Å². The molecule has 1 aromatic rings. The Bertz CT molecular complexity index is 511. The van der Waals surface area contributed by atoms with E-state index in [9.17, 15) is 19.8 Å². The largest absolute Gasteiger partial charge is 0.508 e. The minimum atomic E-state index is -0.717. The summed E-state index contributed by atoms with van der Waals surface area (Å²) in [5.74, 6) is -1.17. The van der Waals surface area contributed by atoms with Crippen LogP contribution in [0.25, 0.3) is 0 Å². The third-order valence-corrected chi connectivity index (χ3v) is 3.09. The Kier molecular flexibility index (Phi) is 4.09. The number of phenols is 2. The summed E-state index contributed by atoms with van der Waals surface area (Å²) in [7, 11) is 1.49. The standard InChI is InChI=1S/C13H16N2O5/c1-14-12(18)11-7-20-3-2-15(11)13(19)8-4-9(16)6-10(17)5-8/h4-6,11,16-17H,2-3,7H2,1H3,(H,14,18). The summed E-state index contributed by atoms with van der Waals surface area (Å²) >= 11 is 0. The first-order valence-corrected chi connectivity index (χ1v) is 6.16. The Labute approximate surface area is 115 Å². The van der Waals surface area contributed by atoms with Gasteiger partial charge in [0.1, 0.15) is 17.5 Å². The van der Waals surface area contributed by atoms with Crippen LogP contribution in [0, 0.1) is 0 Å². The summed E-state index contributed by atoms with van der Waals surface area (Å²) in [6.07, 6.45) is 0. The van der Waals surface area contributed by atoms with E-state index in [0.717, 1.165) is 6.07 Å². The van der Waals surface area contributed by atoms with Gasteiger partial charge in [-0.3, -0.25) is 9.59 Å². The van der Waals surface area contributed by atoms with Gasteiger partial charge >= 0.3 is 0 Å². The number of aromatic hydroxyl groups is 2. The first-order valence-electron chi connectivity index (χ1n) is 6.16. The molecule has 0 saturated carbocycles. The lowest BCUT2D eigenvalue weighted by Crippen LogP contribution is -2.55. The van der Waals surface area contributed by atoms with Crippen LogP contribution in [0.15, 0.2) is 18.2 Å². The van der Waals surface area contributed by atoms with E-state index < -0.39 is 11.9 Å². The van der Waals surface area contributed by atoms with Crippen LogP contribution in [0.1, 0.15) is 10.4 Å². The van der Waals surface area contributed by atoms with E-state index in [4.69, 9.17) is 4.74 Å². The van der Waals surface area contributed by atoms with Crippen molar-refractivity contribution in [3.05, 3.63) is 23.8 Å². The molecule has 108 valence electrons. The topological polar surface area (TPSA) is 99.1 Å². The predicted octanol–water partition coefficient (Wildman–Crippen LogP) is -0.315. The van der Waals surface area contributed by atoms with Crippen LogP contribution in [0.5, 0.6) is 11.5 Å². The molecular weight excluding hydrogens is 264 g/mol. The lowest BCUT2D eigenvalue weighted by molar-refractivity contribution is -0.130. The molecule has 2 amide bonds. The smallest absolute Gasteiger partial charge is 0.254 e. The van der Waals surface area contributed by atoms with Gasteiger partial charge in [-0.15, -0.1) is 0 Å². The monoisotopic (exact) mass is 280 g/mol. The Morgan fingerprint density at radius 2 is 1.95 bits per heavy atom. The second-order valence-corrected chi connectivity index (χ2v) is 4.44. The zero-order valence-corrected chi connectivity index (χ0v) is 11.0. The molecule has 7 heteroatoms. The summed E-state index contributed by atoms with van der Waals surface area (Å²) in [4.78, 5) is 25.5. The van der Waals surface area contributed by atoms with Crippen molar-refractivity contribution in [2.75, 3.05) is 26.8 Å². The number of nitrogens with one attached hydrogen (secondary N) is 1. The van der Waals surface area contributed by atoms with Crippen LogP contribution in [0.3, 0.4) is 0 Å². The van der Waals surface area contributed by atoms with Crippen molar-refractivity contribution >= 4 is 11.8 Å². The molecule has 0 radical (unpaired) electrons. The second kappa shape index (κ2) is 5.79. The lowest BCUT2D eigenvalue weighted by Gasteiger charge is -2.34. The quantitative estimate of drug-likeness (QED) is 0.690. The molecule has 0 spiro atoms. The third-order valence-electron chi connectivity index (χ3n) is 3.09. The molecule has 1 heterocycles. The van der Waals surface area contributed by atoms with Crippen molar-refractivity contribution in [2.24, 2.45) is 0 Å². The molecule has 1 saturated heterocycles. The summed E-state index contributed by atoms with van der Waals surface area (Å²) < 4.78 is 5.22. The van der Waals surface area contributed by atoms with E-state index in [1.54, 1.807) is 0 Å². The number of ether oxygens (including phenoxy) is 1. The number of hydrogen-bond donors (Lipinski definition) is 3. The van der Waals surface area contributed by atoms with Gasteiger partial charge in [0.2, 0.25) is 5.91 Å². The highest BCUT2D eigenvalue weighted by atomic mass is 16.5. The van der Waals surface area contributed by atoms with Gasteiger partial charge in [0, 0.05) is 25.2 Å². The number of carbonyl (C=O) groups is 2. The average Bonchev–Trinajstić information content (AvgIpc) is 2.44. The molecule has 0 bridgehead atoms. The molecule has 0 aromatic heterocycles. The van der Waals surface area contributed by atoms with Gasteiger partial charge in [0.05, 0.1) is 13.2 Å². The average molecular weight is 280 g/mol. The molecule has 1 aromatic carbocycles. The molecule has 20 heavy (non-hydrogen) atoms. The molecular formula is C13H16N2O5. The van der Waals surface area contributed by atoms with Crippen LogP contribution >= 0.6 is 0 Å². The Morgan fingerprint density at radius 1 is 1.30 bits per heavy atom. The Morgan fingerprint density at radius 3 is 2.55 bits per heavy atom. The number of hydrogen-bond acceptors (Lipinski definition) is 5. The fourth-order valence-electron chi connectivity index (χ4n) is 2.12. The number of likely N-dealkylation sites (N-methyl/N-ethyl adjacent to an activating group) is 1. The Balaban J connectivity index is 2.27. The number of carbonyl (C=O) groups excluding carboxylic acids is 2. The molecule has 7 nitrogen and oxygen atoms in total. The molecule has 1 aliphatic rings.